The molecule has 0 unspecified atom stereocenters. The van der Waals surface area contributed by atoms with E-state index < -0.39 is 5.82 Å². The molecule has 0 bridgehead atoms. The van der Waals surface area contributed by atoms with E-state index in [9.17, 15) is 9.18 Å². The summed E-state index contributed by atoms with van der Waals surface area (Å²) in [5, 5.41) is 0. The summed E-state index contributed by atoms with van der Waals surface area (Å²) in [7, 11) is 0. The van der Waals surface area contributed by atoms with Crippen LogP contribution in [0.4, 0.5) is 10.1 Å². The fourth-order valence-corrected chi connectivity index (χ4v) is 1.86. The molecule has 0 atom stereocenters. The first-order valence-corrected chi connectivity index (χ1v) is 5.71. The summed E-state index contributed by atoms with van der Waals surface area (Å²) < 4.78 is 13.3. The van der Waals surface area contributed by atoms with E-state index in [0.29, 0.717) is 0 Å². The number of Topliss-reactive ketones (excluding diaryl/α,β-unsaturated/α-hetero) is 1. The van der Waals surface area contributed by atoms with Crippen molar-refractivity contribution in [1.82, 2.24) is 0 Å². The van der Waals surface area contributed by atoms with E-state index in [1.807, 2.05) is 31.2 Å². The largest absolute Gasteiger partial charge is 0.396 e. The minimum absolute atomic E-state index is 0.0731. The maximum Gasteiger partial charge on any atom is 0.169 e. The van der Waals surface area contributed by atoms with Crippen LogP contribution in [0.5, 0.6) is 0 Å². The van der Waals surface area contributed by atoms with Gasteiger partial charge in [0.25, 0.3) is 0 Å². The lowest BCUT2D eigenvalue weighted by Gasteiger charge is -2.07. The molecule has 2 aromatic rings. The van der Waals surface area contributed by atoms with Crippen molar-refractivity contribution in [1.29, 1.82) is 0 Å². The number of nitrogen functional groups attached to an aromatic ring is 1. The van der Waals surface area contributed by atoms with E-state index in [1.54, 1.807) is 6.07 Å². The number of para-hydroxylation sites is 1. The summed E-state index contributed by atoms with van der Waals surface area (Å²) in [5.74, 6) is -0.716. The van der Waals surface area contributed by atoms with Crippen molar-refractivity contribution in [2.24, 2.45) is 0 Å². The monoisotopic (exact) mass is 243 g/mol. The molecule has 2 aromatic carbocycles. The summed E-state index contributed by atoms with van der Waals surface area (Å²) in [6.07, 6.45) is 0.236. The van der Waals surface area contributed by atoms with Crippen molar-refractivity contribution in [3.63, 3.8) is 0 Å². The highest BCUT2D eigenvalue weighted by Crippen LogP contribution is 2.19. The second-order valence-electron chi connectivity index (χ2n) is 4.23. The number of carbonyl (C=O) groups excluding carboxylic acids is 1. The molecule has 2 rings (SSSR count). The van der Waals surface area contributed by atoms with Gasteiger partial charge in [-0.15, -0.1) is 0 Å². The van der Waals surface area contributed by atoms with Crippen LogP contribution < -0.4 is 5.73 Å². The van der Waals surface area contributed by atoms with Crippen LogP contribution in [0.25, 0.3) is 0 Å². The zero-order chi connectivity index (χ0) is 13.1. The van der Waals surface area contributed by atoms with Crippen LogP contribution in [0.2, 0.25) is 0 Å². The zero-order valence-electron chi connectivity index (χ0n) is 10.1. The fourth-order valence-electron chi connectivity index (χ4n) is 1.86. The fraction of sp³-hybridized carbons (Fsp3) is 0.133. The van der Waals surface area contributed by atoms with E-state index in [1.165, 1.54) is 12.1 Å². The number of anilines is 1. The molecule has 0 spiro atoms. The number of nitrogens with two attached hydrogens (primary N) is 1. The van der Waals surface area contributed by atoms with Crippen molar-refractivity contribution in [3.8, 4) is 0 Å². The molecule has 0 fully saturated rings. The smallest absolute Gasteiger partial charge is 0.169 e. The highest BCUT2D eigenvalue weighted by Gasteiger charge is 2.13. The molecule has 0 amide bonds. The number of halogens is 1. The number of hydrogen-bond donors (Lipinski definition) is 1. The normalized spacial score (nSPS) is 10.3. The number of ketones is 1. The number of benzene rings is 2. The summed E-state index contributed by atoms with van der Waals surface area (Å²) in [6, 6.07) is 11.9. The SMILES string of the molecule is Cc1ccccc1CC(=O)c1cccc(F)c1N. The average Bonchev–Trinajstić information content (AvgIpc) is 2.35. The van der Waals surface area contributed by atoms with Gasteiger partial charge in [0.1, 0.15) is 5.82 Å². The quantitative estimate of drug-likeness (QED) is 0.664. The van der Waals surface area contributed by atoms with Crippen molar-refractivity contribution in [2.75, 3.05) is 5.73 Å². The molecule has 0 aliphatic carbocycles. The van der Waals surface area contributed by atoms with Crippen LogP contribution >= 0.6 is 0 Å². The van der Waals surface area contributed by atoms with Crippen LogP contribution in [0.3, 0.4) is 0 Å². The molecule has 2 nitrogen and oxygen atoms in total. The minimum Gasteiger partial charge on any atom is -0.396 e. The number of rotatable bonds is 3. The molecule has 0 aliphatic heterocycles. The summed E-state index contributed by atoms with van der Waals surface area (Å²) >= 11 is 0. The first kappa shape index (κ1) is 12.3. The van der Waals surface area contributed by atoms with Gasteiger partial charge in [-0.3, -0.25) is 4.79 Å². The van der Waals surface area contributed by atoms with Gasteiger partial charge in [-0.05, 0) is 30.2 Å². The van der Waals surface area contributed by atoms with Gasteiger partial charge in [0.2, 0.25) is 0 Å². The lowest BCUT2D eigenvalue weighted by Crippen LogP contribution is -2.09. The Morgan fingerprint density at radius 3 is 2.61 bits per heavy atom. The van der Waals surface area contributed by atoms with Crippen LogP contribution in [0, 0.1) is 12.7 Å². The Morgan fingerprint density at radius 1 is 1.17 bits per heavy atom. The molecule has 0 radical (unpaired) electrons. The highest BCUT2D eigenvalue weighted by atomic mass is 19.1. The second-order valence-corrected chi connectivity index (χ2v) is 4.23. The van der Waals surface area contributed by atoms with Crippen LogP contribution in [-0.2, 0) is 6.42 Å². The molecule has 3 heteroatoms. The van der Waals surface area contributed by atoms with E-state index in [4.69, 9.17) is 5.73 Å². The number of carbonyl (C=O) groups is 1. The first-order valence-electron chi connectivity index (χ1n) is 5.71. The Kier molecular flexibility index (Phi) is 3.42. The maximum absolute atomic E-state index is 13.3. The van der Waals surface area contributed by atoms with Gasteiger partial charge in [0.15, 0.2) is 5.78 Å². The molecular weight excluding hydrogens is 229 g/mol. The van der Waals surface area contributed by atoms with Crippen molar-refractivity contribution < 1.29 is 9.18 Å². The van der Waals surface area contributed by atoms with Crippen LogP contribution in [0.15, 0.2) is 42.5 Å². The van der Waals surface area contributed by atoms with Gasteiger partial charge < -0.3 is 5.73 Å². The van der Waals surface area contributed by atoms with Crippen LogP contribution in [0.1, 0.15) is 21.5 Å². The third-order valence-corrected chi connectivity index (χ3v) is 2.97. The predicted molar refractivity (Wildman–Crippen MR) is 70.0 cm³/mol. The van der Waals surface area contributed by atoms with Gasteiger partial charge in [0, 0.05) is 12.0 Å². The van der Waals surface area contributed by atoms with Crippen molar-refractivity contribution >= 4 is 11.5 Å². The van der Waals surface area contributed by atoms with E-state index in [2.05, 4.69) is 0 Å². The molecule has 92 valence electrons. The van der Waals surface area contributed by atoms with E-state index >= 15 is 0 Å². The average molecular weight is 243 g/mol. The Balaban J connectivity index is 2.28. The van der Waals surface area contributed by atoms with Gasteiger partial charge in [-0.2, -0.15) is 0 Å². The summed E-state index contributed by atoms with van der Waals surface area (Å²) in [6.45, 7) is 1.94. The third kappa shape index (κ3) is 2.40. The van der Waals surface area contributed by atoms with Gasteiger partial charge in [0.05, 0.1) is 5.69 Å². The molecule has 2 N–H and O–H groups in total. The maximum atomic E-state index is 13.3. The van der Waals surface area contributed by atoms with Gasteiger partial charge in [-0.1, -0.05) is 30.3 Å². The molecule has 0 aromatic heterocycles. The Labute approximate surface area is 105 Å². The van der Waals surface area contributed by atoms with Gasteiger partial charge >= 0.3 is 0 Å². The number of aryl methyl sites for hydroxylation is 1. The second kappa shape index (κ2) is 5.00. The molecule has 0 saturated heterocycles. The van der Waals surface area contributed by atoms with E-state index in [-0.39, 0.29) is 23.5 Å². The Hall–Kier alpha value is -2.16. The molecule has 0 heterocycles. The van der Waals surface area contributed by atoms with Gasteiger partial charge in [-0.25, -0.2) is 4.39 Å². The minimum atomic E-state index is -0.550. The highest BCUT2D eigenvalue weighted by molar-refractivity contribution is 6.02. The third-order valence-electron chi connectivity index (χ3n) is 2.97. The summed E-state index contributed by atoms with van der Waals surface area (Å²) in [4.78, 5) is 12.1. The zero-order valence-corrected chi connectivity index (χ0v) is 10.1. The first-order chi connectivity index (χ1) is 8.59. The molecule has 0 aliphatic rings. The topological polar surface area (TPSA) is 43.1 Å². The van der Waals surface area contributed by atoms with E-state index in [0.717, 1.165) is 11.1 Å². The van der Waals surface area contributed by atoms with Crippen LogP contribution in [-0.4, -0.2) is 5.78 Å². The molecular formula is C15H14FNO. The Morgan fingerprint density at radius 2 is 1.89 bits per heavy atom. The predicted octanol–water partition coefficient (Wildman–Crippen LogP) is 3.14. The molecule has 18 heavy (non-hydrogen) atoms. The van der Waals surface area contributed by atoms with Crippen molar-refractivity contribution in [2.45, 2.75) is 13.3 Å². The lowest BCUT2D eigenvalue weighted by molar-refractivity contribution is 0.0993. The Bertz CT molecular complexity index is 593. The lowest BCUT2D eigenvalue weighted by atomic mass is 9.98. The van der Waals surface area contributed by atoms with Crippen molar-refractivity contribution in [3.05, 3.63) is 65.0 Å². The number of hydrogen-bond acceptors (Lipinski definition) is 2. The summed E-state index contributed by atoms with van der Waals surface area (Å²) in [5.41, 5.74) is 7.73. The molecule has 0 saturated carbocycles. The standard InChI is InChI=1S/C15H14FNO/c1-10-5-2-3-6-11(10)9-14(18)12-7-4-8-13(16)15(12)17/h2-8H,9,17H2,1H3.